The predicted molar refractivity (Wildman–Crippen MR) is 97.7 cm³/mol. The van der Waals surface area contributed by atoms with E-state index in [1.54, 1.807) is 0 Å². The third-order valence-electron chi connectivity index (χ3n) is 3.09. The lowest BCUT2D eigenvalue weighted by Crippen LogP contribution is -2.12. The minimum atomic E-state index is -0.0129. The zero-order valence-electron chi connectivity index (χ0n) is 13.0. The van der Waals surface area contributed by atoms with Gasteiger partial charge in [0.05, 0.1) is 0 Å². The van der Waals surface area contributed by atoms with Gasteiger partial charge in [0, 0.05) is 35.3 Å². The molecular formula is C16H19BrN4OS. The lowest BCUT2D eigenvalue weighted by Gasteiger charge is -2.07. The summed E-state index contributed by atoms with van der Waals surface area (Å²) >= 11 is 4.92. The van der Waals surface area contributed by atoms with E-state index in [0.29, 0.717) is 18.7 Å². The number of aryl methyl sites for hydroxylation is 1. The molecule has 0 atom stereocenters. The summed E-state index contributed by atoms with van der Waals surface area (Å²) in [6.07, 6.45) is 3.07. The molecule has 0 aliphatic carbocycles. The van der Waals surface area contributed by atoms with Crippen molar-refractivity contribution in [2.45, 2.75) is 31.5 Å². The van der Waals surface area contributed by atoms with Gasteiger partial charge in [-0.25, -0.2) is 0 Å². The third-order valence-corrected chi connectivity index (χ3v) is 4.55. The van der Waals surface area contributed by atoms with Gasteiger partial charge in [-0.15, -0.1) is 16.8 Å². The molecule has 0 saturated heterocycles. The molecule has 0 aliphatic rings. The number of aromatic nitrogens is 3. The molecule has 0 unspecified atom stereocenters. The van der Waals surface area contributed by atoms with Crippen LogP contribution in [0.15, 0.2) is 46.5 Å². The number of carbonyl (C=O) groups excluding carboxylic acids is 1. The number of hydrogen-bond donors (Lipinski definition) is 1. The molecule has 1 amide bonds. The lowest BCUT2D eigenvalue weighted by atomic mass is 10.3. The average molecular weight is 395 g/mol. The maximum Gasteiger partial charge on any atom is 0.225 e. The van der Waals surface area contributed by atoms with E-state index in [0.717, 1.165) is 27.6 Å². The number of carbonyl (C=O) groups is 1. The topological polar surface area (TPSA) is 59.8 Å². The van der Waals surface area contributed by atoms with E-state index >= 15 is 0 Å². The lowest BCUT2D eigenvalue weighted by molar-refractivity contribution is -0.115. The minimum absolute atomic E-state index is 0.0129. The summed E-state index contributed by atoms with van der Waals surface area (Å²) in [7, 11) is 0. The van der Waals surface area contributed by atoms with Crippen molar-refractivity contribution in [1.29, 1.82) is 0 Å². The first-order valence-corrected chi connectivity index (χ1v) is 9.13. The van der Waals surface area contributed by atoms with Gasteiger partial charge in [-0.1, -0.05) is 46.8 Å². The maximum absolute atomic E-state index is 12.0. The number of anilines is 1. The van der Waals surface area contributed by atoms with Crippen LogP contribution in [-0.4, -0.2) is 26.4 Å². The van der Waals surface area contributed by atoms with Crippen molar-refractivity contribution < 1.29 is 4.79 Å². The molecule has 0 fully saturated rings. The molecule has 7 heteroatoms. The summed E-state index contributed by atoms with van der Waals surface area (Å²) < 4.78 is 2.97. The van der Waals surface area contributed by atoms with E-state index in [1.165, 1.54) is 11.8 Å². The van der Waals surface area contributed by atoms with Gasteiger partial charge >= 0.3 is 0 Å². The van der Waals surface area contributed by atoms with Crippen molar-refractivity contribution in [3.63, 3.8) is 0 Å². The second-order valence-corrected chi connectivity index (χ2v) is 6.79. The molecule has 0 spiro atoms. The Labute approximate surface area is 148 Å². The Balaban J connectivity index is 1.86. The number of amides is 1. The maximum atomic E-state index is 12.0. The van der Waals surface area contributed by atoms with Crippen molar-refractivity contribution in [2.24, 2.45) is 0 Å². The number of thioether (sulfide) groups is 1. The summed E-state index contributed by atoms with van der Waals surface area (Å²) in [5.41, 5.74) is 0.789. The molecule has 0 saturated carbocycles. The second-order valence-electron chi connectivity index (χ2n) is 4.81. The van der Waals surface area contributed by atoms with Crippen LogP contribution < -0.4 is 5.32 Å². The number of rotatable bonds is 8. The van der Waals surface area contributed by atoms with E-state index in [1.807, 2.05) is 41.8 Å². The highest BCUT2D eigenvalue weighted by Gasteiger charge is 2.11. The molecule has 1 aromatic carbocycles. The first kappa shape index (κ1) is 17.7. The van der Waals surface area contributed by atoms with Crippen LogP contribution in [0.25, 0.3) is 0 Å². The molecule has 1 N–H and O–H groups in total. The van der Waals surface area contributed by atoms with E-state index in [2.05, 4.69) is 38.0 Å². The van der Waals surface area contributed by atoms with Gasteiger partial charge in [0.25, 0.3) is 0 Å². The smallest absolute Gasteiger partial charge is 0.225 e. The third kappa shape index (κ3) is 5.21. The van der Waals surface area contributed by atoms with Gasteiger partial charge < -0.3 is 9.88 Å². The molecular weight excluding hydrogens is 376 g/mol. The highest BCUT2D eigenvalue weighted by atomic mass is 79.9. The predicted octanol–water partition coefficient (Wildman–Crippen LogP) is 3.91. The van der Waals surface area contributed by atoms with Gasteiger partial charge in [-0.2, -0.15) is 0 Å². The van der Waals surface area contributed by atoms with Crippen LogP contribution in [-0.2, 0) is 17.8 Å². The van der Waals surface area contributed by atoms with Crippen molar-refractivity contribution in [3.05, 3.63) is 47.2 Å². The van der Waals surface area contributed by atoms with Crippen LogP contribution in [0, 0.1) is 0 Å². The SMILES string of the molecule is C=CCn1c(CC)nnc1SCCC(=O)Nc1cccc(Br)c1. The van der Waals surface area contributed by atoms with Crippen molar-refractivity contribution in [2.75, 3.05) is 11.1 Å². The fourth-order valence-electron chi connectivity index (χ4n) is 2.02. The number of halogens is 1. The number of benzene rings is 1. The summed E-state index contributed by atoms with van der Waals surface area (Å²) in [5.74, 6) is 1.57. The van der Waals surface area contributed by atoms with Gasteiger partial charge in [0.1, 0.15) is 5.82 Å². The van der Waals surface area contributed by atoms with Gasteiger partial charge in [-0.05, 0) is 18.2 Å². The Morgan fingerprint density at radius 3 is 3.00 bits per heavy atom. The van der Waals surface area contributed by atoms with Crippen LogP contribution >= 0.6 is 27.7 Å². The molecule has 0 radical (unpaired) electrons. The van der Waals surface area contributed by atoms with Crippen molar-refractivity contribution in [3.8, 4) is 0 Å². The molecule has 122 valence electrons. The summed E-state index contributed by atoms with van der Waals surface area (Å²) in [4.78, 5) is 12.0. The quantitative estimate of drug-likeness (QED) is 0.544. The summed E-state index contributed by atoms with van der Waals surface area (Å²) in [6.45, 7) is 6.49. The highest BCUT2D eigenvalue weighted by Crippen LogP contribution is 2.19. The Morgan fingerprint density at radius 2 is 2.30 bits per heavy atom. The molecule has 5 nitrogen and oxygen atoms in total. The monoisotopic (exact) mass is 394 g/mol. The van der Waals surface area contributed by atoms with Gasteiger partial charge in [0.15, 0.2) is 5.16 Å². The largest absolute Gasteiger partial charge is 0.326 e. The Hall–Kier alpha value is -1.60. The Morgan fingerprint density at radius 1 is 1.48 bits per heavy atom. The number of allylic oxidation sites excluding steroid dienone is 1. The Kier molecular flexibility index (Phi) is 6.85. The van der Waals surface area contributed by atoms with Gasteiger partial charge in [-0.3, -0.25) is 4.79 Å². The second kappa shape index (κ2) is 8.88. The highest BCUT2D eigenvalue weighted by molar-refractivity contribution is 9.10. The molecule has 23 heavy (non-hydrogen) atoms. The van der Waals surface area contributed by atoms with Crippen LogP contribution in [0.3, 0.4) is 0 Å². The number of nitrogens with zero attached hydrogens (tertiary/aromatic N) is 3. The average Bonchev–Trinajstić information content (AvgIpc) is 2.90. The molecule has 2 rings (SSSR count). The van der Waals surface area contributed by atoms with Gasteiger partial charge in [0.2, 0.25) is 5.91 Å². The molecule has 1 aromatic heterocycles. The minimum Gasteiger partial charge on any atom is -0.326 e. The first-order valence-electron chi connectivity index (χ1n) is 7.35. The molecule has 0 bridgehead atoms. The van der Waals surface area contributed by atoms with Crippen LogP contribution in [0.1, 0.15) is 19.2 Å². The normalized spacial score (nSPS) is 10.5. The van der Waals surface area contributed by atoms with E-state index in [-0.39, 0.29) is 5.91 Å². The fourth-order valence-corrected chi connectivity index (χ4v) is 3.33. The van der Waals surface area contributed by atoms with E-state index in [9.17, 15) is 4.79 Å². The zero-order valence-corrected chi connectivity index (χ0v) is 15.4. The van der Waals surface area contributed by atoms with E-state index < -0.39 is 0 Å². The number of hydrogen-bond acceptors (Lipinski definition) is 4. The first-order chi connectivity index (χ1) is 11.1. The summed E-state index contributed by atoms with van der Waals surface area (Å²) in [5, 5.41) is 12.1. The van der Waals surface area contributed by atoms with Crippen LogP contribution in [0.2, 0.25) is 0 Å². The summed E-state index contributed by atoms with van der Waals surface area (Å²) in [6, 6.07) is 7.55. The zero-order chi connectivity index (χ0) is 16.7. The molecule has 2 aromatic rings. The van der Waals surface area contributed by atoms with Crippen LogP contribution in [0.5, 0.6) is 0 Å². The van der Waals surface area contributed by atoms with Crippen molar-refractivity contribution in [1.82, 2.24) is 14.8 Å². The van der Waals surface area contributed by atoms with Crippen molar-refractivity contribution >= 4 is 39.3 Å². The van der Waals surface area contributed by atoms with E-state index in [4.69, 9.17) is 0 Å². The van der Waals surface area contributed by atoms with Crippen LogP contribution in [0.4, 0.5) is 5.69 Å². The number of nitrogens with one attached hydrogen (secondary N) is 1. The Bertz CT molecular complexity index is 686. The molecule has 0 aliphatic heterocycles. The standard InChI is InChI=1S/C16H19BrN4OS/c1-3-9-21-14(4-2)19-20-16(21)23-10-8-15(22)18-13-7-5-6-12(17)11-13/h3,5-7,11H,1,4,8-10H2,2H3,(H,18,22). The fraction of sp³-hybridized carbons (Fsp3) is 0.312. The molecule has 1 heterocycles.